The largest absolute Gasteiger partial charge is 0.507 e. The van der Waals surface area contributed by atoms with Crippen molar-refractivity contribution in [3.05, 3.63) is 85.5 Å². The number of hydrogen-bond acceptors (Lipinski definition) is 5. The van der Waals surface area contributed by atoms with E-state index >= 15 is 0 Å². The highest BCUT2D eigenvalue weighted by atomic mass is 35.5. The summed E-state index contributed by atoms with van der Waals surface area (Å²) in [4.78, 5) is 28.5. The number of aryl methyl sites for hydroxylation is 1. The molecule has 32 heavy (non-hydrogen) atoms. The Balaban J connectivity index is 1.94. The number of ether oxygens (including phenoxy) is 1. The van der Waals surface area contributed by atoms with Gasteiger partial charge in [0.05, 0.1) is 17.2 Å². The van der Waals surface area contributed by atoms with E-state index in [1.807, 2.05) is 31.4 Å². The minimum absolute atomic E-state index is 0.0256. The molecule has 1 atom stereocenters. The Bertz CT molecular complexity index is 1240. The highest BCUT2D eigenvalue weighted by Gasteiger charge is 2.48. The number of halogens is 2. The molecule has 2 heterocycles. The molecule has 2 aromatic carbocycles. The van der Waals surface area contributed by atoms with E-state index in [-0.39, 0.29) is 21.9 Å². The molecule has 5 nitrogen and oxygen atoms in total. The molecule has 0 saturated carbocycles. The van der Waals surface area contributed by atoms with Crippen molar-refractivity contribution in [1.29, 1.82) is 0 Å². The summed E-state index contributed by atoms with van der Waals surface area (Å²) < 4.78 is 5.51. The van der Waals surface area contributed by atoms with Crippen LogP contribution in [0, 0.1) is 6.92 Å². The summed E-state index contributed by atoms with van der Waals surface area (Å²) in [5.74, 6) is -1.36. The van der Waals surface area contributed by atoms with E-state index in [1.54, 1.807) is 36.4 Å². The predicted octanol–water partition coefficient (Wildman–Crippen LogP) is 6.39. The Kier molecular flexibility index (Phi) is 6.29. The number of carbonyl (C=O) groups excluding carboxylic acids is 2. The number of benzene rings is 2. The van der Waals surface area contributed by atoms with Gasteiger partial charge in [-0.2, -0.15) is 0 Å². The monoisotopic (exact) mass is 487 g/mol. The molecule has 1 fully saturated rings. The molecule has 1 unspecified atom stereocenters. The van der Waals surface area contributed by atoms with Crippen molar-refractivity contribution in [2.45, 2.75) is 19.9 Å². The summed E-state index contributed by atoms with van der Waals surface area (Å²) in [7, 11) is 0. The summed E-state index contributed by atoms with van der Waals surface area (Å²) in [5, 5.41) is 13.9. The Morgan fingerprint density at radius 2 is 1.94 bits per heavy atom. The number of carbonyl (C=O) groups is 2. The number of rotatable bonds is 5. The second-order valence-corrected chi connectivity index (χ2v) is 9.01. The van der Waals surface area contributed by atoms with Crippen molar-refractivity contribution in [2.24, 2.45) is 0 Å². The van der Waals surface area contributed by atoms with Gasteiger partial charge in [-0.05, 0) is 67.3 Å². The van der Waals surface area contributed by atoms with Crippen molar-refractivity contribution in [3.8, 4) is 5.75 Å². The number of thiophene rings is 1. The van der Waals surface area contributed by atoms with Crippen molar-refractivity contribution in [1.82, 2.24) is 0 Å². The van der Waals surface area contributed by atoms with Crippen LogP contribution >= 0.6 is 34.5 Å². The zero-order valence-electron chi connectivity index (χ0n) is 17.3. The van der Waals surface area contributed by atoms with Gasteiger partial charge in [0.2, 0.25) is 0 Å². The first-order valence-corrected chi connectivity index (χ1v) is 11.5. The smallest absolute Gasteiger partial charge is 0.300 e. The third kappa shape index (κ3) is 3.90. The number of hydrogen-bond donors (Lipinski definition) is 1. The molecule has 0 radical (unpaired) electrons. The molecule has 0 bridgehead atoms. The summed E-state index contributed by atoms with van der Waals surface area (Å²) >= 11 is 13.8. The fraction of sp³-hybridized carbons (Fsp3) is 0.167. The van der Waals surface area contributed by atoms with Gasteiger partial charge >= 0.3 is 0 Å². The first-order valence-electron chi connectivity index (χ1n) is 9.86. The third-order valence-electron chi connectivity index (χ3n) is 5.18. The van der Waals surface area contributed by atoms with Crippen molar-refractivity contribution < 1.29 is 19.4 Å². The Labute approximate surface area is 199 Å². The number of Topliss-reactive ketones (excluding diaryl/α,β-unsaturated/α-hetero) is 1. The average Bonchev–Trinajstić information content (AvgIpc) is 3.37. The van der Waals surface area contributed by atoms with E-state index in [2.05, 4.69) is 0 Å². The van der Waals surface area contributed by atoms with Crippen molar-refractivity contribution >= 4 is 57.7 Å². The van der Waals surface area contributed by atoms with Gasteiger partial charge in [0, 0.05) is 21.2 Å². The highest BCUT2D eigenvalue weighted by Crippen LogP contribution is 2.45. The van der Waals surface area contributed by atoms with Crippen molar-refractivity contribution in [3.63, 3.8) is 0 Å². The number of amides is 1. The molecule has 3 aromatic rings. The van der Waals surface area contributed by atoms with Crippen molar-refractivity contribution in [2.75, 3.05) is 11.5 Å². The van der Waals surface area contributed by atoms with Gasteiger partial charge < -0.3 is 9.84 Å². The Morgan fingerprint density at radius 3 is 2.59 bits per heavy atom. The second kappa shape index (κ2) is 8.98. The number of nitrogens with zero attached hydrogens (tertiary/aromatic N) is 1. The molecular weight excluding hydrogens is 469 g/mol. The number of anilines is 1. The molecule has 164 valence electrons. The van der Waals surface area contributed by atoms with Crippen LogP contribution in [-0.2, 0) is 9.59 Å². The molecule has 4 rings (SSSR count). The fourth-order valence-corrected chi connectivity index (χ4v) is 5.03. The van der Waals surface area contributed by atoms with Crippen LogP contribution in [0.3, 0.4) is 0 Å². The van der Waals surface area contributed by atoms with Gasteiger partial charge in [0.1, 0.15) is 17.6 Å². The quantitative estimate of drug-likeness (QED) is 0.257. The Morgan fingerprint density at radius 1 is 1.16 bits per heavy atom. The molecule has 1 aliphatic rings. The summed E-state index contributed by atoms with van der Waals surface area (Å²) in [6.07, 6.45) is 0. The van der Waals surface area contributed by atoms with Crippen LogP contribution in [0.4, 0.5) is 5.69 Å². The van der Waals surface area contributed by atoms with E-state index in [0.29, 0.717) is 23.1 Å². The van der Waals surface area contributed by atoms with Gasteiger partial charge in [-0.3, -0.25) is 14.5 Å². The van der Waals surface area contributed by atoms with Gasteiger partial charge in [-0.25, -0.2) is 0 Å². The number of aliphatic hydroxyl groups excluding tert-OH is 1. The highest BCUT2D eigenvalue weighted by molar-refractivity contribution is 7.10. The van der Waals surface area contributed by atoms with Crippen LogP contribution in [0.25, 0.3) is 5.76 Å². The summed E-state index contributed by atoms with van der Waals surface area (Å²) in [5.41, 5.74) is 1.48. The van der Waals surface area contributed by atoms with Crippen LogP contribution < -0.4 is 9.64 Å². The van der Waals surface area contributed by atoms with Gasteiger partial charge in [0.15, 0.2) is 0 Å². The maximum absolute atomic E-state index is 13.2. The first-order chi connectivity index (χ1) is 15.3. The predicted molar refractivity (Wildman–Crippen MR) is 128 cm³/mol. The number of ketones is 1. The topological polar surface area (TPSA) is 66.8 Å². The number of aliphatic hydroxyl groups is 1. The minimum atomic E-state index is -0.804. The lowest BCUT2D eigenvalue weighted by Crippen LogP contribution is -2.29. The van der Waals surface area contributed by atoms with Crippen LogP contribution in [0.15, 0.2) is 59.5 Å². The molecule has 1 aromatic heterocycles. The molecule has 0 aliphatic carbocycles. The van der Waals surface area contributed by atoms with E-state index in [9.17, 15) is 14.7 Å². The van der Waals surface area contributed by atoms with E-state index < -0.39 is 17.7 Å². The Hall–Kier alpha value is -2.80. The van der Waals surface area contributed by atoms with E-state index in [4.69, 9.17) is 27.9 Å². The van der Waals surface area contributed by atoms with E-state index in [0.717, 1.165) is 10.4 Å². The van der Waals surface area contributed by atoms with Gasteiger partial charge in [-0.15, -0.1) is 11.3 Å². The lowest BCUT2D eigenvalue weighted by atomic mass is 9.99. The normalized spacial score (nSPS) is 17.8. The SMILES string of the molecule is CCOc1ccc(Cl)c(/C(O)=C2/C(=O)C(=O)N(c3ccc(Cl)cc3C)C2c2cccs2)c1. The molecule has 1 N–H and O–H groups in total. The molecule has 1 amide bonds. The molecule has 8 heteroatoms. The van der Waals surface area contributed by atoms with Crippen LogP contribution in [0.1, 0.15) is 29.0 Å². The zero-order valence-corrected chi connectivity index (χ0v) is 19.6. The molecule has 1 aliphatic heterocycles. The molecule has 0 spiro atoms. The van der Waals surface area contributed by atoms with E-state index in [1.165, 1.54) is 16.2 Å². The zero-order chi connectivity index (χ0) is 23.0. The first kappa shape index (κ1) is 22.4. The molecular formula is C24H19Cl2NO4S. The maximum atomic E-state index is 13.2. The second-order valence-electron chi connectivity index (χ2n) is 7.19. The lowest BCUT2D eigenvalue weighted by molar-refractivity contribution is -0.132. The standard InChI is InChI=1S/C24H19Cl2NO4S/c1-3-31-15-7-8-17(26)16(12-15)22(28)20-21(19-5-4-10-32-19)27(24(30)23(20)29)18-9-6-14(25)11-13(18)2/h4-12,21,28H,3H2,1-2H3/b22-20-. The van der Waals surface area contributed by atoms with Gasteiger partial charge in [0.25, 0.3) is 11.7 Å². The average molecular weight is 488 g/mol. The minimum Gasteiger partial charge on any atom is -0.507 e. The van der Waals surface area contributed by atoms with Crippen LogP contribution in [0.2, 0.25) is 10.0 Å². The lowest BCUT2D eigenvalue weighted by Gasteiger charge is -2.25. The summed E-state index contributed by atoms with van der Waals surface area (Å²) in [6.45, 7) is 4.08. The maximum Gasteiger partial charge on any atom is 0.300 e. The fourth-order valence-electron chi connectivity index (χ4n) is 3.77. The van der Waals surface area contributed by atoms with Crippen LogP contribution in [0.5, 0.6) is 5.75 Å². The third-order valence-corrected chi connectivity index (χ3v) is 6.67. The molecule has 1 saturated heterocycles. The van der Waals surface area contributed by atoms with Gasteiger partial charge in [-0.1, -0.05) is 29.3 Å². The van der Waals surface area contributed by atoms with Crippen LogP contribution in [-0.4, -0.2) is 23.4 Å². The summed E-state index contributed by atoms with van der Waals surface area (Å²) in [6, 6.07) is 12.8.